The van der Waals surface area contributed by atoms with Crippen LogP contribution in [0.5, 0.6) is 11.5 Å². The topological polar surface area (TPSA) is 80.0 Å². The molecule has 3 aromatic rings. The Bertz CT molecular complexity index is 975. The minimum Gasteiger partial charge on any atom is -0.508 e. The number of phenols is 1. The van der Waals surface area contributed by atoms with Gasteiger partial charge in [0.1, 0.15) is 23.3 Å². The molecular formula is C19H17NO5. The second-order valence-electron chi connectivity index (χ2n) is 5.57. The molecule has 0 aliphatic rings. The number of nitrogens with zero attached hydrogens (tertiary/aromatic N) is 1. The lowest BCUT2D eigenvalue weighted by molar-refractivity contribution is 0.165. The lowest BCUT2D eigenvalue weighted by Gasteiger charge is -2.14. The molecule has 0 aliphatic carbocycles. The summed E-state index contributed by atoms with van der Waals surface area (Å²) < 4.78 is 10.8. The maximum Gasteiger partial charge on any atom is 0.414 e. The SMILES string of the molecule is CCN(C)C(=O)Oc1ccc2c(=O)c(-c3ccc(O)cc3)coc2c1. The molecule has 1 amide bonds. The maximum atomic E-state index is 12.7. The van der Waals surface area contributed by atoms with Crippen LogP contribution in [-0.2, 0) is 0 Å². The van der Waals surface area contributed by atoms with Gasteiger partial charge in [-0.25, -0.2) is 4.79 Å². The van der Waals surface area contributed by atoms with E-state index in [4.69, 9.17) is 9.15 Å². The van der Waals surface area contributed by atoms with Crippen molar-refractivity contribution < 1.29 is 19.1 Å². The van der Waals surface area contributed by atoms with Gasteiger partial charge in [0.25, 0.3) is 0 Å². The van der Waals surface area contributed by atoms with Crippen LogP contribution in [-0.4, -0.2) is 29.7 Å². The Morgan fingerprint density at radius 3 is 2.60 bits per heavy atom. The molecule has 1 aromatic heterocycles. The van der Waals surface area contributed by atoms with Crippen molar-refractivity contribution in [1.82, 2.24) is 4.90 Å². The van der Waals surface area contributed by atoms with Crippen LogP contribution in [0, 0.1) is 0 Å². The summed E-state index contributed by atoms with van der Waals surface area (Å²) in [7, 11) is 1.63. The van der Waals surface area contributed by atoms with Crippen LogP contribution in [0.3, 0.4) is 0 Å². The summed E-state index contributed by atoms with van der Waals surface area (Å²) in [6.45, 7) is 2.36. The van der Waals surface area contributed by atoms with E-state index in [1.165, 1.54) is 29.4 Å². The molecule has 0 saturated heterocycles. The number of fused-ring (bicyclic) bond motifs is 1. The molecule has 0 atom stereocenters. The van der Waals surface area contributed by atoms with E-state index in [1.807, 2.05) is 6.92 Å². The second-order valence-corrected chi connectivity index (χ2v) is 5.57. The molecule has 0 fully saturated rings. The van der Waals surface area contributed by atoms with Crippen LogP contribution in [0.2, 0.25) is 0 Å². The van der Waals surface area contributed by atoms with Crippen molar-refractivity contribution in [1.29, 1.82) is 0 Å². The summed E-state index contributed by atoms with van der Waals surface area (Å²) in [4.78, 5) is 25.9. The Morgan fingerprint density at radius 2 is 1.92 bits per heavy atom. The molecule has 1 N–H and O–H groups in total. The summed E-state index contributed by atoms with van der Waals surface area (Å²) in [6.07, 6.45) is 0.880. The third kappa shape index (κ3) is 3.33. The fourth-order valence-electron chi connectivity index (χ4n) is 2.32. The summed E-state index contributed by atoms with van der Waals surface area (Å²) in [5.74, 6) is 0.427. The first kappa shape index (κ1) is 16.6. The minimum absolute atomic E-state index is 0.123. The average Bonchev–Trinajstić information content (AvgIpc) is 2.62. The Hall–Kier alpha value is -3.28. The average molecular weight is 339 g/mol. The van der Waals surface area contributed by atoms with Gasteiger partial charge in [-0.3, -0.25) is 4.79 Å². The largest absolute Gasteiger partial charge is 0.508 e. The molecule has 0 radical (unpaired) electrons. The molecule has 6 heteroatoms. The normalized spacial score (nSPS) is 10.6. The smallest absolute Gasteiger partial charge is 0.414 e. The third-order valence-corrected chi connectivity index (χ3v) is 3.92. The van der Waals surface area contributed by atoms with Gasteiger partial charge >= 0.3 is 6.09 Å². The van der Waals surface area contributed by atoms with Crippen LogP contribution in [0.25, 0.3) is 22.1 Å². The lowest BCUT2D eigenvalue weighted by atomic mass is 10.1. The number of aromatic hydroxyl groups is 1. The van der Waals surface area contributed by atoms with Crippen LogP contribution in [0.4, 0.5) is 4.79 Å². The molecule has 0 unspecified atom stereocenters. The van der Waals surface area contributed by atoms with Crippen LogP contribution < -0.4 is 10.2 Å². The first-order valence-electron chi connectivity index (χ1n) is 7.77. The highest BCUT2D eigenvalue weighted by atomic mass is 16.6. The highest BCUT2D eigenvalue weighted by Crippen LogP contribution is 2.24. The Labute approximate surface area is 143 Å². The number of hydrogen-bond acceptors (Lipinski definition) is 5. The predicted molar refractivity (Wildman–Crippen MR) is 93.9 cm³/mol. The van der Waals surface area contributed by atoms with Crippen molar-refractivity contribution in [2.75, 3.05) is 13.6 Å². The van der Waals surface area contributed by atoms with Crippen molar-refractivity contribution in [3.05, 3.63) is 59.0 Å². The van der Waals surface area contributed by atoms with Gasteiger partial charge in [0.2, 0.25) is 0 Å². The van der Waals surface area contributed by atoms with Gasteiger partial charge in [-0.2, -0.15) is 0 Å². The van der Waals surface area contributed by atoms with E-state index in [9.17, 15) is 14.7 Å². The van der Waals surface area contributed by atoms with Crippen LogP contribution >= 0.6 is 0 Å². The monoisotopic (exact) mass is 339 g/mol. The molecule has 3 rings (SSSR count). The van der Waals surface area contributed by atoms with E-state index in [1.54, 1.807) is 31.3 Å². The second kappa shape index (κ2) is 6.68. The molecule has 0 aliphatic heterocycles. The summed E-state index contributed by atoms with van der Waals surface area (Å²) in [5, 5.41) is 9.74. The van der Waals surface area contributed by atoms with Gasteiger partial charge in [0.05, 0.1) is 10.9 Å². The molecular weight excluding hydrogens is 322 g/mol. The molecule has 25 heavy (non-hydrogen) atoms. The van der Waals surface area contributed by atoms with Gasteiger partial charge in [0, 0.05) is 19.7 Å². The summed E-state index contributed by atoms with van der Waals surface area (Å²) >= 11 is 0. The molecule has 0 saturated carbocycles. The van der Waals surface area contributed by atoms with E-state index in [-0.39, 0.29) is 11.2 Å². The van der Waals surface area contributed by atoms with Crippen LogP contribution in [0.1, 0.15) is 6.92 Å². The first-order valence-corrected chi connectivity index (χ1v) is 7.77. The highest BCUT2D eigenvalue weighted by Gasteiger charge is 2.13. The van der Waals surface area contributed by atoms with Gasteiger partial charge in [-0.05, 0) is 36.8 Å². The molecule has 1 heterocycles. The maximum absolute atomic E-state index is 12.7. The van der Waals surface area contributed by atoms with E-state index in [2.05, 4.69) is 0 Å². The van der Waals surface area contributed by atoms with Crippen LogP contribution in [0.15, 0.2) is 57.9 Å². The highest BCUT2D eigenvalue weighted by molar-refractivity contribution is 5.83. The number of amides is 1. The fraction of sp³-hybridized carbons (Fsp3) is 0.158. The predicted octanol–water partition coefficient (Wildman–Crippen LogP) is 3.62. The first-order chi connectivity index (χ1) is 12.0. The van der Waals surface area contributed by atoms with Gasteiger partial charge < -0.3 is 19.2 Å². The number of ether oxygens (including phenoxy) is 1. The fourth-order valence-corrected chi connectivity index (χ4v) is 2.32. The zero-order chi connectivity index (χ0) is 18.0. The number of rotatable bonds is 3. The Balaban J connectivity index is 1.98. The molecule has 128 valence electrons. The zero-order valence-electron chi connectivity index (χ0n) is 13.9. The number of benzene rings is 2. The number of carbonyl (C=O) groups excluding carboxylic acids is 1. The standard InChI is InChI=1S/C19H17NO5/c1-3-20(2)19(23)25-14-8-9-15-17(10-14)24-11-16(18(15)22)12-4-6-13(21)7-5-12/h4-11,21H,3H2,1-2H3. The van der Waals surface area contributed by atoms with Crippen molar-refractivity contribution >= 4 is 17.1 Å². The Morgan fingerprint density at radius 1 is 1.20 bits per heavy atom. The van der Waals surface area contributed by atoms with Gasteiger partial charge in [-0.15, -0.1) is 0 Å². The molecule has 2 aromatic carbocycles. The summed E-state index contributed by atoms with van der Waals surface area (Å²) in [5.41, 5.74) is 1.17. The molecule has 0 bridgehead atoms. The summed E-state index contributed by atoms with van der Waals surface area (Å²) in [6, 6.07) is 10.9. The van der Waals surface area contributed by atoms with Gasteiger partial charge in [-0.1, -0.05) is 12.1 Å². The Kier molecular flexibility index (Phi) is 4.43. The van der Waals surface area contributed by atoms with Crippen molar-refractivity contribution in [3.8, 4) is 22.6 Å². The molecule has 0 spiro atoms. The molecule has 6 nitrogen and oxygen atoms in total. The number of phenolic OH excluding ortho intramolecular Hbond substituents is 1. The zero-order valence-corrected chi connectivity index (χ0v) is 13.9. The quantitative estimate of drug-likeness (QED) is 0.788. The minimum atomic E-state index is -0.482. The van der Waals surface area contributed by atoms with E-state index in [0.717, 1.165) is 0 Å². The number of carbonyl (C=O) groups is 1. The van der Waals surface area contributed by atoms with E-state index in [0.29, 0.717) is 34.4 Å². The van der Waals surface area contributed by atoms with E-state index >= 15 is 0 Å². The van der Waals surface area contributed by atoms with Crippen molar-refractivity contribution in [2.24, 2.45) is 0 Å². The van der Waals surface area contributed by atoms with Crippen molar-refractivity contribution in [2.45, 2.75) is 6.92 Å². The van der Waals surface area contributed by atoms with Gasteiger partial charge in [0.15, 0.2) is 5.43 Å². The van der Waals surface area contributed by atoms with E-state index < -0.39 is 6.09 Å². The third-order valence-electron chi connectivity index (χ3n) is 3.92. The van der Waals surface area contributed by atoms with Crippen molar-refractivity contribution in [3.63, 3.8) is 0 Å². The lowest BCUT2D eigenvalue weighted by Crippen LogP contribution is -2.29. The number of hydrogen-bond donors (Lipinski definition) is 1.